The molecule has 1 fully saturated rings. The van der Waals surface area contributed by atoms with Gasteiger partial charge in [-0.15, -0.1) is 0 Å². The maximum atomic E-state index is 12.9. The van der Waals surface area contributed by atoms with E-state index < -0.39 is 0 Å². The average Bonchev–Trinajstić information content (AvgIpc) is 3.12. The summed E-state index contributed by atoms with van der Waals surface area (Å²) in [6.07, 6.45) is 4.07. The van der Waals surface area contributed by atoms with Crippen molar-refractivity contribution in [1.82, 2.24) is 15.3 Å². The van der Waals surface area contributed by atoms with Gasteiger partial charge in [-0.25, -0.2) is 9.97 Å². The molecular weight excluding hydrogens is 408 g/mol. The molecule has 0 spiro atoms. The summed E-state index contributed by atoms with van der Waals surface area (Å²) in [6.45, 7) is 6.04. The lowest BCUT2D eigenvalue weighted by Gasteiger charge is -2.33. The molecule has 1 aliphatic rings. The van der Waals surface area contributed by atoms with Gasteiger partial charge < -0.3 is 24.1 Å². The van der Waals surface area contributed by atoms with Gasteiger partial charge in [0.1, 0.15) is 17.9 Å². The van der Waals surface area contributed by atoms with Gasteiger partial charge in [0.2, 0.25) is 11.6 Å². The van der Waals surface area contributed by atoms with Gasteiger partial charge in [0.05, 0.1) is 25.5 Å². The van der Waals surface area contributed by atoms with Crippen LogP contribution in [-0.2, 0) is 11.2 Å². The molecule has 8 heteroatoms. The Balaban J connectivity index is 1.38. The maximum Gasteiger partial charge on any atom is 0.231 e. The van der Waals surface area contributed by atoms with Crippen LogP contribution in [0.3, 0.4) is 0 Å². The highest BCUT2D eigenvalue weighted by Crippen LogP contribution is 2.32. The molecule has 32 heavy (non-hydrogen) atoms. The number of benzene rings is 1. The van der Waals surface area contributed by atoms with Crippen LogP contribution in [0.15, 0.2) is 28.9 Å². The number of ether oxygens (including phenoxy) is 2. The second kappa shape index (κ2) is 9.46. The van der Waals surface area contributed by atoms with Crippen molar-refractivity contribution in [2.45, 2.75) is 33.1 Å². The molecule has 2 aromatic heterocycles. The van der Waals surface area contributed by atoms with Crippen LogP contribution in [0.1, 0.15) is 29.7 Å². The normalized spacial score (nSPS) is 16.2. The summed E-state index contributed by atoms with van der Waals surface area (Å²) >= 11 is 0. The van der Waals surface area contributed by atoms with Gasteiger partial charge in [0, 0.05) is 25.2 Å². The first kappa shape index (κ1) is 21.9. The molecule has 1 aromatic carbocycles. The Morgan fingerprint density at radius 3 is 2.81 bits per heavy atom. The fourth-order valence-corrected chi connectivity index (χ4v) is 4.30. The Morgan fingerprint density at radius 2 is 2.03 bits per heavy atom. The number of aryl methyl sites for hydroxylation is 2. The fraction of sp³-hybridized carbons (Fsp3) is 0.458. The molecule has 0 radical (unpaired) electrons. The average molecular weight is 439 g/mol. The Bertz CT molecular complexity index is 1110. The Hall–Kier alpha value is -3.29. The lowest BCUT2D eigenvalue weighted by atomic mass is 9.96. The first-order chi connectivity index (χ1) is 15.5. The highest BCUT2D eigenvalue weighted by atomic mass is 16.5. The zero-order chi connectivity index (χ0) is 22.7. The van der Waals surface area contributed by atoms with Crippen molar-refractivity contribution in [3.05, 3.63) is 41.4 Å². The Morgan fingerprint density at radius 1 is 1.22 bits per heavy atom. The van der Waals surface area contributed by atoms with Gasteiger partial charge in [-0.05, 0) is 50.8 Å². The Kier molecular flexibility index (Phi) is 6.48. The SMILES string of the molecule is COc1ccc(CCNC(=O)[C@@H]2CCCN(c3ncnc4oc(C)c(C)c34)C2)cc1OC. The quantitative estimate of drug-likeness (QED) is 0.604. The predicted octanol–water partition coefficient (Wildman–Crippen LogP) is 3.43. The van der Waals surface area contributed by atoms with Crippen LogP contribution >= 0.6 is 0 Å². The molecule has 0 unspecified atom stereocenters. The highest BCUT2D eigenvalue weighted by Gasteiger charge is 2.28. The number of amides is 1. The number of nitrogens with one attached hydrogen (secondary N) is 1. The van der Waals surface area contributed by atoms with Gasteiger partial charge in [-0.1, -0.05) is 6.07 Å². The predicted molar refractivity (Wildman–Crippen MR) is 122 cm³/mol. The molecule has 1 saturated heterocycles. The van der Waals surface area contributed by atoms with Gasteiger partial charge in [-0.3, -0.25) is 4.79 Å². The molecule has 1 aliphatic heterocycles. The van der Waals surface area contributed by atoms with Gasteiger partial charge >= 0.3 is 0 Å². The number of methoxy groups -OCH3 is 2. The summed E-state index contributed by atoms with van der Waals surface area (Å²) < 4.78 is 16.4. The first-order valence-corrected chi connectivity index (χ1v) is 11.0. The largest absolute Gasteiger partial charge is 0.493 e. The van der Waals surface area contributed by atoms with Crippen molar-refractivity contribution >= 4 is 22.8 Å². The monoisotopic (exact) mass is 438 g/mol. The molecule has 0 aliphatic carbocycles. The number of hydrogen-bond donors (Lipinski definition) is 1. The van der Waals surface area contributed by atoms with Crippen LogP contribution in [0, 0.1) is 19.8 Å². The molecule has 1 atom stereocenters. The van der Waals surface area contributed by atoms with Crippen LogP contribution in [0.5, 0.6) is 11.5 Å². The second-order valence-electron chi connectivity index (χ2n) is 8.18. The van der Waals surface area contributed by atoms with E-state index in [-0.39, 0.29) is 11.8 Å². The van der Waals surface area contributed by atoms with Crippen molar-refractivity contribution in [3.8, 4) is 11.5 Å². The lowest BCUT2D eigenvalue weighted by molar-refractivity contribution is -0.125. The zero-order valence-corrected chi connectivity index (χ0v) is 19.1. The van der Waals surface area contributed by atoms with Crippen molar-refractivity contribution < 1.29 is 18.7 Å². The first-order valence-electron chi connectivity index (χ1n) is 11.0. The van der Waals surface area contributed by atoms with E-state index in [1.54, 1.807) is 14.2 Å². The Labute approximate surface area is 187 Å². The number of fused-ring (bicyclic) bond motifs is 1. The van der Waals surface area contributed by atoms with E-state index in [0.29, 0.717) is 30.3 Å². The molecule has 3 heterocycles. The lowest BCUT2D eigenvalue weighted by Crippen LogP contribution is -2.43. The van der Waals surface area contributed by atoms with Crippen LogP contribution in [0.2, 0.25) is 0 Å². The zero-order valence-electron chi connectivity index (χ0n) is 19.1. The molecule has 8 nitrogen and oxygen atoms in total. The van der Waals surface area contributed by atoms with E-state index in [4.69, 9.17) is 13.9 Å². The van der Waals surface area contributed by atoms with Crippen molar-refractivity contribution in [3.63, 3.8) is 0 Å². The number of anilines is 1. The van der Waals surface area contributed by atoms with E-state index in [2.05, 4.69) is 20.2 Å². The van der Waals surface area contributed by atoms with Crippen molar-refractivity contribution in [2.75, 3.05) is 38.8 Å². The molecule has 1 N–H and O–H groups in total. The van der Waals surface area contributed by atoms with E-state index >= 15 is 0 Å². The smallest absolute Gasteiger partial charge is 0.231 e. The summed E-state index contributed by atoms with van der Waals surface area (Å²) in [6, 6.07) is 5.82. The number of carbonyl (C=O) groups excluding carboxylic acids is 1. The van der Waals surface area contributed by atoms with Crippen molar-refractivity contribution in [1.29, 1.82) is 0 Å². The van der Waals surface area contributed by atoms with Gasteiger partial charge in [0.15, 0.2) is 11.5 Å². The van der Waals surface area contributed by atoms with Crippen LogP contribution < -0.4 is 19.7 Å². The fourth-order valence-electron chi connectivity index (χ4n) is 4.30. The third-order valence-corrected chi connectivity index (χ3v) is 6.20. The third kappa shape index (κ3) is 4.35. The molecule has 0 bridgehead atoms. The minimum atomic E-state index is -0.0764. The van der Waals surface area contributed by atoms with E-state index in [1.165, 1.54) is 6.33 Å². The summed E-state index contributed by atoms with van der Waals surface area (Å²) in [5.74, 6) is 3.10. The van der Waals surface area contributed by atoms with E-state index in [9.17, 15) is 4.79 Å². The summed E-state index contributed by atoms with van der Waals surface area (Å²) in [7, 11) is 3.24. The number of carbonyl (C=O) groups is 1. The number of nitrogens with zero attached hydrogens (tertiary/aromatic N) is 3. The molecular formula is C24H30N4O4. The number of furan rings is 1. The number of aromatic nitrogens is 2. The minimum absolute atomic E-state index is 0.0764. The summed E-state index contributed by atoms with van der Waals surface area (Å²) in [5.41, 5.74) is 2.74. The summed E-state index contributed by atoms with van der Waals surface area (Å²) in [5, 5.41) is 4.05. The maximum absolute atomic E-state index is 12.9. The number of hydrogen-bond acceptors (Lipinski definition) is 7. The topological polar surface area (TPSA) is 89.7 Å². The standard InChI is InChI=1S/C24H30N4O4/c1-15-16(2)32-24-21(15)22(26-14-27-24)28-11-5-6-18(13-28)23(29)25-10-9-17-7-8-19(30-3)20(12-17)31-4/h7-8,12,14,18H,5-6,9-11,13H2,1-4H3,(H,25,29)/t18-/m1/s1. The second-order valence-corrected chi connectivity index (χ2v) is 8.18. The van der Waals surface area contributed by atoms with Crippen LogP contribution in [-0.4, -0.2) is 49.7 Å². The van der Waals surface area contributed by atoms with E-state index in [0.717, 1.165) is 53.9 Å². The van der Waals surface area contributed by atoms with E-state index in [1.807, 2.05) is 32.0 Å². The number of rotatable bonds is 7. The third-order valence-electron chi connectivity index (χ3n) is 6.20. The number of piperidine rings is 1. The van der Waals surface area contributed by atoms with Crippen molar-refractivity contribution in [2.24, 2.45) is 5.92 Å². The van der Waals surface area contributed by atoms with Gasteiger partial charge in [-0.2, -0.15) is 0 Å². The van der Waals surface area contributed by atoms with Gasteiger partial charge in [0.25, 0.3) is 0 Å². The molecule has 1 amide bonds. The summed E-state index contributed by atoms with van der Waals surface area (Å²) in [4.78, 5) is 23.9. The molecule has 3 aromatic rings. The molecule has 170 valence electrons. The molecule has 0 saturated carbocycles. The molecule has 4 rings (SSSR count). The highest BCUT2D eigenvalue weighted by molar-refractivity contribution is 5.90. The minimum Gasteiger partial charge on any atom is -0.493 e. The van der Waals surface area contributed by atoms with Crippen LogP contribution in [0.4, 0.5) is 5.82 Å². The van der Waals surface area contributed by atoms with Crippen LogP contribution in [0.25, 0.3) is 11.1 Å².